The van der Waals surface area contributed by atoms with E-state index in [1.807, 2.05) is 31.2 Å². The molecule has 3 heterocycles. The normalized spacial score (nSPS) is 17.5. The van der Waals surface area contributed by atoms with Gasteiger partial charge >= 0.3 is 0 Å². The van der Waals surface area contributed by atoms with Crippen LogP contribution >= 0.6 is 0 Å². The van der Waals surface area contributed by atoms with Crippen molar-refractivity contribution in [2.75, 3.05) is 31.7 Å². The van der Waals surface area contributed by atoms with E-state index in [0.29, 0.717) is 12.5 Å². The fourth-order valence-corrected chi connectivity index (χ4v) is 3.49. The molecular weight excluding hydrogens is 330 g/mol. The molecule has 0 bridgehead atoms. The van der Waals surface area contributed by atoms with Gasteiger partial charge in [0.15, 0.2) is 0 Å². The lowest BCUT2D eigenvalue weighted by Gasteiger charge is -2.34. The van der Waals surface area contributed by atoms with Crippen LogP contribution in [0.25, 0.3) is 5.65 Å². The second-order valence-corrected chi connectivity index (χ2v) is 6.71. The van der Waals surface area contributed by atoms with Gasteiger partial charge < -0.3 is 14.4 Å². The Labute approximate surface area is 152 Å². The highest BCUT2D eigenvalue weighted by Crippen LogP contribution is 2.27. The molecule has 3 aromatic rings. The van der Waals surface area contributed by atoms with Gasteiger partial charge in [0, 0.05) is 25.1 Å². The largest absolute Gasteiger partial charge is 0.497 e. The van der Waals surface area contributed by atoms with Crippen molar-refractivity contribution in [1.82, 2.24) is 19.8 Å². The van der Waals surface area contributed by atoms with Gasteiger partial charge in [-0.1, -0.05) is 6.07 Å². The van der Waals surface area contributed by atoms with E-state index in [2.05, 4.69) is 26.3 Å². The van der Waals surface area contributed by atoms with Crippen LogP contribution in [-0.2, 0) is 0 Å². The van der Waals surface area contributed by atoms with Gasteiger partial charge in [-0.15, -0.1) is 10.2 Å². The molecule has 0 spiro atoms. The Balaban J connectivity index is 1.46. The first-order valence-electron chi connectivity index (χ1n) is 8.92. The van der Waals surface area contributed by atoms with Crippen molar-refractivity contribution in [1.29, 1.82) is 0 Å². The Morgan fingerprint density at radius 2 is 2.12 bits per heavy atom. The summed E-state index contributed by atoms with van der Waals surface area (Å²) in [4.78, 5) is 2.38. The van der Waals surface area contributed by atoms with Crippen LogP contribution in [0.3, 0.4) is 0 Å². The summed E-state index contributed by atoms with van der Waals surface area (Å²) in [5.41, 5.74) is 2.87. The van der Waals surface area contributed by atoms with Crippen molar-refractivity contribution >= 4 is 11.3 Å². The molecule has 2 aromatic heterocycles. The lowest BCUT2D eigenvalue weighted by molar-refractivity contribution is 0.228. The molecule has 0 saturated carbocycles. The Hall–Kier alpha value is -2.83. The van der Waals surface area contributed by atoms with Crippen LogP contribution < -0.4 is 14.4 Å². The third-order valence-electron chi connectivity index (χ3n) is 4.76. The molecule has 4 rings (SSSR count). The fourth-order valence-electron chi connectivity index (χ4n) is 3.49. The minimum absolute atomic E-state index is 0.464. The zero-order valence-corrected chi connectivity index (χ0v) is 15.1. The summed E-state index contributed by atoms with van der Waals surface area (Å²) < 4.78 is 13.0. The van der Waals surface area contributed by atoms with Crippen molar-refractivity contribution < 1.29 is 9.47 Å². The number of benzene rings is 1. The Bertz CT molecular complexity index is 895. The van der Waals surface area contributed by atoms with E-state index in [1.165, 1.54) is 0 Å². The number of rotatable bonds is 5. The summed E-state index contributed by atoms with van der Waals surface area (Å²) in [6.45, 7) is 4.64. The van der Waals surface area contributed by atoms with Crippen LogP contribution in [0.4, 0.5) is 5.69 Å². The van der Waals surface area contributed by atoms with Crippen molar-refractivity contribution in [3.05, 3.63) is 42.4 Å². The molecule has 0 amide bonds. The summed E-state index contributed by atoms with van der Waals surface area (Å²) in [5.74, 6) is 2.13. The molecule has 0 aliphatic carbocycles. The molecule has 0 N–H and O–H groups in total. The SMILES string of the molecule is COc1cccc(OCC2CCCN(c3cc(C)nn4cnnc34)C2)c1. The highest BCUT2D eigenvalue weighted by molar-refractivity contribution is 5.68. The van der Waals surface area contributed by atoms with E-state index in [9.17, 15) is 0 Å². The molecule has 26 heavy (non-hydrogen) atoms. The monoisotopic (exact) mass is 353 g/mol. The average molecular weight is 353 g/mol. The fraction of sp³-hybridized carbons (Fsp3) is 0.421. The van der Waals surface area contributed by atoms with Gasteiger partial charge in [-0.3, -0.25) is 0 Å². The number of hydrogen-bond acceptors (Lipinski definition) is 6. The second-order valence-electron chi connectivity index (χ2n) is 6.71. The van der Waals surface area contributed by atoms with Crippen LogP contribution in [0.5, 0.6) is 11.5 Å². The van der Waals surface area contributed by atoms with Gasteiger partial charge in [0.25, 0.3) is 0 Å². The molecule has 1 unspecified atom stereocenters. The van der Waals surface area contributed by atoms with Crippen LogP contribution in [0.2, 0.25) is 0 Å². The number of hydrogen-bond donors (Lipinski definition) is 0. The third kappa shape index (κ3) is 3.42. The molecule has 7 heteroatoms. The van der Waals surface area contributed by atoms with Gasteiger partial charge in [-0.2, -0.15) is 9.61 Å². The zero-order chi connectivity index (χ0) is 17.9. The van der Waals surface area contributed by atoms with Gasteiger partial charge in [0.2, 0.25) is 5.65 Å². The maximum absolute atomic E-state index is 6.02. The van der Waals surface area contributed by atoms with Crippen LogP contribution in [-0.4, -0.2) is 46.6 Å². The predicted molar refractivity (Wildman–Crippen MR) is 98.9 cm³/mol. The van der Waals surface area contributed by atoms with E-state index >= 15 is 0 Å². The van der Waals surface area contributed by atoms with E-state index in [-0.39, 0.29) is 0 Å². The van der Waals surface area contributed by atoms with Gasteiger partial charge in [0.05, 0.1) is 25.1 Å². The number of nitrogens with zero attached hydrogens (tertiary/aromatic N) is 5. The molecule has 1 aliphatic rings. The summed E-state index contributed by atoms with van der Waals surface area (Å²) >= 11 is 0. The van der Waals surface area contributed by atoms with Crippen molar-refractivity contribution in [2.24, 2.45) is 5.92 Å². The number of aromatic nitrogens is 4. The number of fused-ring (bicyclic) bond motifs is 1. The standard InChI is InChI=1S/C19H23N5O2/c1-14-9-18(19-21-20-13-24(19)22-14)23-8-4-5-15(11-23)12-26-17-7-3-6-16(10-17)25-2/h3,6-7,9-10,13,15H,4-5,8,11-12H2,1-2H3. The Morgan fingerprint density at radius 3 is 3.00 bits per heavy atom. The minimum atomic E-state index is 0.464. The number of anilines is 1. The molecular formula is C19H23N5O2. The summed E-state index contributed by atoms with van der Waals surface area (Å²) in [5, 5.41) is 12.7. The first kappa shape index (κ1) is 16.6. The number of methoxy groups -OCH3 is 1. The van der Waals surface area contributed by atoms with Gasteiger partial charge in [-0.05, 0) is 38.0 Å². The molecule has 1 aromatic carbocycles. The summed E-state index contributed by atoms with van der Waals surface area (Å²) in [7, 11) is 1.67. The molecule has 0 radical (unpaired) electrons. The van der Waals surface area contributed by atoms with Crippen molar-refractivity contribution in [3.8, 4) is 11.5 Å². The second kappa shape index (κ2) is 7.19. The van der Waals surface area contributed by atoms with E-state index in [4.69, 9.17) is 9.47 Å². The molecule has 1 saturated heterocycles. The van der Waals surface area contributed by atoms with E-state index < -0.39 is 0 Å². The molecule has 7 nitrogen and oxygen atoms in total. The summed E-state index contributed by atoms with van der Waals surface area (Å²) in [6.07, 6.45) is 3.94. The number of aryl methyl sites for hydroxylation is 1. The third-order valence-corrected chi connectivity index (χ3v) is 4.76. The van der Waals surface area contributed by atoms with E-state index in [1.54, 1.807) is 18.0 Å². The lowest BCUT2D eigenvalue weighted by Crippen LogP contribution is -2.38. The topological polar surface area (TPSA) is 64.8 Å². The Kier molecular flexibility index (Phi) is 4.60. The maximum Gasteiger partial charge on any atom is 0.200 e. The molecule has 1 atom stereocenters. The van der Waals surface area contributed by atoms with Crippen LogP contribution in [0, 0.1) is 12.8 Å². The quantitative estimate of drug-likeness (QED) is 0.703. The van der Waals surface area contributed by atoms with Crippen molar-refractivity contribution in [2.45, 2.75) is 19.8 Å². The summed E-state index contributed by atoms with van der Waals surface area (Å²) in [6, 6.07) is 9.85. The predicted octanol–water partition coefficient (Wildman–Crippen LogP) is 2.74. The highest BCUT2D eigenvalue weighted by Gasteiger charge is 2.23. The number of ether oxygens (including phenoxy) is 2. The van der Waals surface area contributed by atoms with Gasteiger partial charge in [-0.25, -0.2) is 0 Å². The lowest BCUT2D eigenvalue weighted by atomic mass is 9.98. The first-order chi connectivity index (χ1) is 12.7. The molecule has 136 valence electrons. The van der Waals surface area contributed by atoms with Gasteiger partial charge in [0.1, 0.15) is 17.8 Å². The first-order valence-corrected chi connectivity index (χ1v) is 8.92. The van der Waals surface area contributed by atoms with Crippen LogP contribution in [0.1, 0.15) is 18.5 Å². The van der Waals surface area contributed by atoms with E-state index in [0.717, 1.165) is 54.5 Å². The molecule has 1 fully saturated rings. The highest BCUT2D eigenvalue weighted by atomic mass is 16.5. The van der Waals surface area contributed by atoms with Crippen molar-refractivity contribution in [3.63, 3.8) is 0 Å². The smallest absolute Gasteiger partial charge is 0.200 e. The average Bonchev–Trinajstić information content (AvgIpc) is 3.14. The Morgan fingerprint density at radius 1 is 1.23 bits per heavy atom. The number of piperidine rings is 1. The molecule has 1 aliphatic heterocycles. The zero-order valence-electron chi connectivity index (χ0n) is 15.1. The minimum Gasteiger partial charge on any atom is -0.497 e. The van der Waals surface area contributed by atoms with Crippen LogP contribution in [0.15, 0.2) is 36.7 Å². The maximum atomic E-state index is 6.02.